The third-order valence-electron chi connectivity index (χ3n) is 2.87. The lowest BCUT2D eigenvalue weighted by atomic mass is 10.2. The lowest BCUT2D eigenvalue weighted by molar-refractivity contribution is 0.628. The smallest absolute Gasteiger partial charge is 0.123 e. The summed E-state index contributed by atoms with van der Waals surface area (Å²) in [5.74, 6) is -0.250. The number of rotatable bonds is 3. The van der Waals surface area contributed by atoms with E-state index in [2.05, 4.69) is 10.3 Å². The molecule has 0 spiro atoms. The van der Waals surface area contributed by atoms with Crippen LogP contribution in [0.4, 0.5) is 4.39 Å². The topological polar surface area (TPSA) is 30.7 Å². The van der Waals surface area contributed by atoms with E-state index in [1.807, 2.05) is 36.5 Å². The second-order valence-corrected chi connectivity index (χ2v) is 4.29. The number of nitrogens with zero attached hydrogens (tertiary/aromatic N) is 3. The number of halogens is 1. The average Bonchev–Trinajstić information content (AvgIpc) is 2.89. The molecule has 0 unspecified atom stereocenters. The Balaban J connectivity index is 1.82. The summed E-state index contributed by atoms with van der Waals surface area (Å²) in [6.45, 7) is 0.676. The summed E-state index contributed by atoms with van der Waals surface area (Å²) in [5.41, 5.74) is 2.77. The van der Waals surface area contributed by atoms with Crippen LogP contribution in [0.2, 0.25) is 0 Å². The molecule has 94 valence electrons. The predicted octanol–water partition coefficient (Wildman–Crippen LogP) is 3.13. The van der Waals surface area contributed by atoms with Crippen molar-refractivity contribution >= 4 is 0 Å². The van der Waals surface area contributed by atoms with Crippen LogP contribution in [0.1, 0.15) is 5.56 Å². The maximum absolute atomic E-state index is 12.9. The van der Waals surface area contributed by atoms with Gasteiger partial charge in [0.05, 0.1) is 12.7 Å². The zero-order valence-corrected chi connectivity index (χ0v) is 10.2. The Morgan fingerprint density at radius 2 is 1.68 bits per heavy atom. The second kappa shape index (κ2) is 5.02. The summed E-state index contributed by atoms with van der Waals surface area (Å²) in [7, 11) is 0. The minimum atomic E-state index is -0.250. The molecule has 3 nitrogen and oxygen atoms in total. The molecule has 0 aliphatic rings. The van der Waals surface area contributed by atoms with Gasteiger partial charge in [-0.2, -0.15) is 0 Å². The zero-order valence-electron chi connectivity index (χ0n) is 10.2. The van der Waals surface area contributed by atoms with Crippen molar-refractivity contribution in [2.75, 3.05) is 0 Å². The van der Waals surface area contributed by atoms with Crippen molar-refractivity contribution < 1.29 is 4.39 Å². The monoisotopic (exact) mass is 253 g/mol. The Kier molecular flexibility index (Phi) is 3.06. The van der Waals surface area contributed by atoms with Crippen LogP contribution in [-0.4, -0.2) is 15.0 Å². The van der Waals surface area contributed by atoms with Crippen LogP contribution in [-0.2, 0) is 6.54 Å². The Bertz CT molecular complexity index is 659. The molecule has 3 aromatic rings. The van der Waals surface area contributed by atoms with Gasteiger partial charge in [-0.1, -0.05) is 35.5 Å². The van der Waals surface area contributed by atoms with Gasteiger partial charge in [0.25, 0.3) is 0 Å². The highest BCUT2D eigenvalue weighted by Crippen LogP contribution is 2.16. The van der Waals surface area contributed by atoms with Crippen molar-refractivity contribution in [1.82, 2.24) is 15.0 Å². The predicted molar refractivity (Wildman–Crippen MR) is 71.0 cm³/mol. The van der Waals surface area contributed by atoms with Crippen LogP contribution >= 0.6 is 0 Å². The molecule has 1 aromatic heterocycles. The van der Waals surface area contributed by atoms with Gasteiger partial charge in [0.2, 0.25) is 0 Å². The number of aromatic nitrogens is 3. The average molecular weight is 253 g/mol. The molecular formula is C15H12FN3. The van der Waals surface area contributed by atoms with Crippen molar-refractivity contribution in [2.45, 2.75) is 6.54 Å². The molecule has 0 aliphatic carbocycles. The molecule has 0 radical (unpaired) electrons. The van der Waals surface area contributed by atoms with Crippen LogP contribution in [0.25, 0.3) is 11.3 Å². The highest BCUT2D eigenvalue weighted by molar-refractivity contribution is 5.57. The number of benzene rings is 2. The zero-order chi connectivity index (χ0) is 13.1. The largest absolute Gasteiger partial charge is 0.247 e. The Morgan fingerprint density at radius 3 is 2.42 bits per heavy atom. The molecule has 0 aliphatic heterocycles. The lowest BCUT2D eigenvalue weighted by Gasteiger charge is -1.99. The second-order valence-electron chi connectivity index (χ2n) is 4.29. The first-order chi connectivity index (χ1) is 9.31. The summed E-state index contributed by atoms with van der Waals surface area (Å²) in [4.78, 5) is 0. The van der Waals surface area contributed by atoms with Crippen molar-refractivity contribution in [3.05, 3.63) is 72.2 Å². The van der Waals surface area contributed by atoms with Crippen LogP contribution in [0.5, 0.6) is 0 Å². The van der Waals surface area contributed by atoms with E-state index in [4.69, 9.17) is 0 Å². The maximum atomic E-state index is 12.9. The molecule has 0 N–H and O–H groups in total. The third kappa shape index (κ3) is 2.68. The fourth-order valence-electron chi connectivity index (χ4n) is 1.90. The first-order valence-corrected chi connectivity index (χ1v) is 6.01. The molecule has 0 amide bonds. The van der Waals surface area contributed by atoms with E-state index in [1.165, 1.54) is 12.1 Å². The quantitative estimate of drug-likeness (QED) is 0.718. The van der Waals surface area contributed by atoms with Gasteiger partial charge in [-0.25, -0.2) is 9.07 Å². The molecule has 1 heterocycles. The first kappa shape index (κ1) is 11.6. The van der Waals surface area contributed by atoms with E-state index < -0.39 is 0 Å². The lowest BCUT2D eigenvalue weighted by Crippen LogP contribution is -1.99. The summed E-state index contributed by atoms with van der Waals surface area (Å²) in [6.07, 6.45) is 1.86. The summed E-state index contributed by atoms with van der Waals surface area (Å²) >= 11 is 0. The fraction of sp³-hybridized carbons (Fsp3) is 0.0667. The molecule has 0 fully saturated rings. The highest BCUT2D eigenvalue weighted by atomic mass is 19.1. The van der Waals surface area contributed by atoms with E-state index in [9.17, 15) is 4.39 Å². The molecule has 0 saturated heterocycles. The van der Waals surface area contributed by atoms with Crippen molar-refractivity contribution in [3.63, 3.8) is 0 Å². The Labute approximate surface area is 110 Å². The first-order valence-electron chi connectivity index (χ1n) is 6.01. The SMILES string of the molecule is Fc1ccc(-c2cn(Cc3ccccc3)nn2)cc1. The summed E-state index contributed by atoms with van der Waals surface area (Å²) < 4.78 is 14.6. The van der Waals surface area contributed by atoms with Gasteiger partial charge in [0, 0.05) is 5.56 Å². The summed E-state index contributed by atoms with van der Waals surface area (Å²) in [5, 5.41) is 8.19. The molecule has 3 rings (SSSR count). The standard InChI is InChI=1S/C15H12FN3/c16-14-8-6-13(7-9-14)15-11-19(18-17-15)10-12-4-2-1-3-5-12/h1-9,11H,10H2. The van der Waals surface area contributed by atoms with Crippen LogP contribution in [0.15, 0.2) is 60.8 Å². The van der Waals surface area contributed by atoms with Gasteiger partial charge < -0.3 is 0 Å². The molecule has 2 aromatic carbocycles. The normalized spacial score (nSPS) is 10.6. The van der Waals surface area contributed by atoms with Crippen molar-refractivity contribution in [3.8, 4) is 11.3 Å². The van der Waals surface area contributed by atoms with E-state index in [-0.39, 0.29) is 5.82 Å². The maximum Gasteiger partial charge on any atom is 0.123 e. The van der Waals surface area contributed by atoms with Gasteiger partial charge >= 0.3 is 0 Å². The van der Waals surface area contributed by atoms with E-state index in [0.717, 1.165) is 16.8 Å². The number of hydrogen-bond donors (Lipinski definition) is 0. The van der Waals surface area contributed by atoms with Crippen LogP contribution < -0.4 is 0 Å². The van der Waals surface area contributed by atoms with Crippen molar-refractivity contribution in [2.24, 2.45) is 0 Å². The van der Waals surface area contributed by atoms with E-state index in [0.29, 0.717) is 6.54 Å². The highest BCUT2D eigenvalue weighted by Gasteiger charge is 2.04. The summed E-state index contributed by atoms with van der Waals surface area (Å²) in [6, 6.07) is 16.3. The Hall–Kier alpha value is -2.49. The fourth-order valence-corrected chi connectivity index (χ4v) is 1.90. The van der Waals surface area contributed by atoms with Crippen molar-refractivity contribution in [1.29, 1.82) is 0 Å². The van der Waals surface area contributed by atoms with Gasteiger partial charge in [0.15, 0.2) is 0 Å². The molecule has 4 heteroatoms. The minimum Gasteiger partial charge on any atom is -0.247 e. The van der Waals surface area contributed by atoms with E-state index in [1.54, 1.807) is 16.8 Å². The molecule has 0 saturated carbocycles. The van der Waals surface area contributed by atoms with E-state index >= 15 is 0 Å². The van der Waals surface area contributed by atoms with Crippen LogP contribution in [0, 0.1) is 5.82 Å². The molecule has 19 heavy (non-hydrogen) atoms. The van der Waals surface area contributed by atoms with Gasteiger partial charge in [-0.15, -0.1) is 5.10 Å². The molecule has 0 atom stereocenters. The number of hydrogen-bond acceptors (Lipinski definition) is 2. The Morgan fingerprint density at radius 1 is 0.947 bits per heavy atom. The third-order valence-corrected chi connectivity index (χ3v) is 2.87. The minimum absolute atomic E-state index is 0.250. The van der Waals surface area contributed by atoms with Gasteiger partial charge in [-0.05, 0) is 29.8 Å². The van der Waals surface area contributed by atoms with Crippen LogP contribution in [0.3, 0.4) is 0 Å². The van der Waals surface area contributed by atoms with Gasteiger partial charge in [0.1, 0.15) is 11.5 Å². The molecular weight excluding hydrogens is 241 g/mol. The van der Waals surface area contributed by atoms with Gasteiger partial charge in [-0.3, -0.25) is 0 Å². The molecule has 0 bridgehead atoms.